The lowest BCUT2D eigenvalue weighted by atomic mass is 10.1. The van der Waals surface area contributed by atoms with E-state index in [4.69, 9.17) is 34.7 Å². The SMILES string of the molecule is CCN=[N+]=[N-].O=C(O)Cc1cc(I)c(Oc2cc(I)c(OCc3cn(Cn4cc(COc5c(I)cc(Oc6c(I)cc(CC(=O)O)cc6I)cc5I)nn4)nn3)c(I)c2)c(I)c1. The number of rotatable bonds is 17. The first-order chi connectivity index (χ1) is 29.5. The van der Waals surface area contributed by atoms with E-state index >= 15 is 0 Å². The molecule has 0 radical (unpaired) electrons. The largest absolute Gasteiger partial charge is 0.485 e. The van der Waals surface area contributed by atoms with Gasteiger partial charge in [0.25, 0.3) is 0 Å². The second-order valence-corrected chi connectivity index (χ2v) is 21.6. The van der Waals surface area contributed by atoms with E-state index in [1.807, 2.05) is 48.5 Å². The van der Waals surface area contributed by atoms with Crippen LogP contribution >= 0.6 is 181 Å². The monoisotopic (exact) mass is 1740 g/mol. The summed E-state index contributed by atoms with van der Waals surface area (Å²) in [6.07, 6.45) is 3.47. The van der Waals surface area contributed by atoms with Crippen molar-refractivity contribution >= 4 is 193 Å². The van der Waals surface area contributed by atoms with E-state index in [1.54, 1.807) is 28.7 Å². The highest BCUT2D eigenvalue weighted by molar-refractivity contribution is 14.1. The number of halogens is 8. The van der Waals surface area contributed by atoms with Gasteiger partial charge < -0.3 is 29.2 Å². The highest BCUT2D eigenvalue weighted by atomic mass is 127. The molecule has 25 heteroatoms. The molecule has 2 heterocycles. The van der Waals surface area contributed by atoms with Crippen LogP contribution in [0.3, 0.4) is 0 Å². The molecule has 2 aromatic heterocycles. The van der Waals surface area contributed by atoms with Gasteiger partial charge in [-0.1, -0.05) is 22.5 Å². The number of hydrogen-bond acceptors (Lipinski definition) is 11. The van der Waals surface area contributed by atoms with Crippen LogP contribution in [0.5, 0.6) is 34.5 Å². The summed E-state index contributed by atoms with van der Waals surface area (Å²) in [5, 5.41) is 38.5. The second kappa shape index (κ2) is 24.8. The molecule has 0 bridgehead atoms. The maximum Gasteiger partial charge on any atom is 0.307 e. The third-order valence-electron chi connectivity index (χ3n) is 7.61. The molecule has 324 valence electrons. The van der Waals surface area contributed by atoms with Crippen LogP contribution < -0.4 is 18.9 Å². The molecule has 0 fully saturated rings. The van der Waals surface area contributed by atoms with E-state index in [0.717, 1.165) is 28.6 Å². The molecule has 6 aromatic rings. The van der Waals surface area contributed by atoms with Gasteiger partial charge in [-0.2, -0.15) is 0 Å². The smallest absolute Gasteiger partial charge is 0.307 e. The molecule has 17 nitrogen and oxygen atoms in total. The van der Waals surface area contributed by atoms with Crippen molar-refractivity contribution in [3.8, 4) is 34.5 Å². The third-order valence-corrected chi connectivity index (χ3v) is 14.0. The zero-order valence-corrected chi connectivity index (χ0v) is 48.7. The molecule has 0 aliphatic carbocycles. The zero-order valence-electron chi connectivity index (χ0n) is 31.4. The van der Waals surface area contributed by atoms with Gasteiger partial charge in [0.1, 0.15) is 54.3 Å². The molecule has 0 aliphatic rings. The van der Waals surface area contributed by atoms with Gasteiger partial charge in [0.15, 0.2) is 11.5 Å². The number of hydrogen-bond donors (Lipinski definition) is 2. The second-order valence-electron chi connectivity index (χ2n) is 12.3. The van der Waals surface area contributed by atoms with Crippen molar-refractivity contribution in [1.82, 2.24) is 30.0 Å². The number of carboxylic acids is 2. The Morgan fingerprint density at radius 3 is 1.24 bits per heavy atom. The molecule has 0 unspecified atom stereocenters. The van der Waals surface area contributed by atoms with Crippen LogP contribution in [0.4, 0.5) is 0 Å². The molecular weight excluding hydrogens is 1710 g/mol. The Kier molecular flexibility index (Phi) is 20.6. The summed E-state index contributed by atoms with van der Waals surface area (Å²) in [6, 6.07) is 14.8. The highest BCUT2D eigenvalue weighted by Gasteiger charge is 2.18. The summed E-state index contributed by atoms with van der Waals surface area (Å²) in [6.45, 7) is 3.02. The van der Waals surface area contributed by atoms with Crippen molar-refractivity contribution in [1.29, 1.82) is 0 Å². The molecule has 0 saturated heterocycles. The number of aromatic nitrogens is 6. The molecular formula is C37H27I8N9O8. The van der Waals surface area contributed by atoms with Crippen molar-refractivity contribution in [3.05, 3.63) is 122 Å². The molecule has 0 saturated carbocycles. The maximum absolute atomic E-state index is 11.2. The van der Waals surface area contributed by atoms with Crippen LogP contribution in [0, 0.1) is 28.6 Å². The predicted molar refractivity (Wildman–Crippen MR) is 294 cm³/mol. The first-order valence-electron chi connectivity index (χ1n) is 17.3. The van der Waals surface area contributed by atoms with E-state index in [-0.39, 0.29) is 32.7 Å². The number of aliphatic carboxylic acids is 2. The Hall–Kier alpha value is -1.55. The Bertz CT molecular complexity index is 2400. The van der Waals surface area contributed by atoms with Gasteiger partial charge in [0.05, 0.1) is 53.8 Å². The van der Waals surface area contributed by atoms with E-state index < -0.39 is 11.9 Å². The number of benzene rings is 4. The summed E-state index contributed by atoms with van der Waals surface area (Å²) in [5.41, 5.74) is 10.2. The summed E-state index contributed by atoms with van der Waals surface area (Å²) in [7, 11) is 0. The molecule has 62 heavy (non-hydrogen) atoms. The lowest BCUT2D eigenvalue weighted by Gasteiger charge is -2.15. The molecule has 0 aliphatic heterocycles. The van der Waals surface area contributed by atoms with Crippen molar-refractivity contribution in [2.24, 2.45) is 5.11 Å². The van der Waals surface area contributed by atoms with Gasteiger partial charge in [-0.05, 0) is 246 Å². The van der Waals surface area contributed by atoms with Crippen LogP contribution in [-0.4, -0.2) is 58.7 Å². The lowest BCUT2D eigenvalue weighted by Crippen LogP contribution is -2.09. The van der Waals surface area contributed by atoms with E-state index in [1.165, 1.54) is 0 Å². The maximum atomic E-state index is 11.2. The number of ether oxygens (including phenoxy) is 4. The van der Waals surface area contributed by atoms with E-state index in [0.29, 0.717) is 63.6 Å². The summed E-state index contributed by atoms with van der Waals surface area (Å²) >= 11 is 17.5. The molecule has 4 aromatic carbocycles. The first kappa shape index (κ1) is 51.4. The number of azide groups is 1. The predicted octanol–water partition coefficient (Wildman–Crippen LogP) is 11.5. The van der Waals surface area contributed by atoms with Crippen LogP contribution in [0.2, 0.25) is 0 Å². The summed E-state index contributed by atoms with van der Waals surface area (Å²) in [4.78, 5) is 24.8. The van der Waals surface area contributed by atoms with Crippen LogP contribution in [0.25, 0.3) is 10.4 Å². The van der Waals surface area contributed by atoms with E-state index in [9.17, 15) is 9.59 Å². The fourth-order valence-corrected chi connectivity index (χ4v) is 13.4. The zero-order chi connectivity index (χ0) is 45.1. The topological polar surface area (TPSA) is 222 Å². The quantitative estimate of drug-likeness (QED) is 0.0377. The molecule has 2 N–H and O–H groups in total. The Morgan fingerprint density at radius 2 is 0.952 bits per heavy atom. The van der Waals surface area contributed by atoms with Crippen LogP contribution in [0.15, 0.2) is 66.0 Å². The highest BCUT2D eigenvalue weighted by Crippen LogP contribution is 2.39. The Balaban J connectivity index is 0.00000137. The fraction of sp³-hybridized carbons (Fsp3) is 0.189. The van der Waals surface area contributed by atoms with Gasteiger partial charge in [0, 0.05) is 11.5 Å². The van der Waals surface area contributed by atoms with Crippen LogP contribution in [-0.2, 0) is 42.3 Å². The number of nitrogens with zero attached hydrogens (tertiary/aromatic N) is 9. The summed E-state index contributed by atoms with van der Waals surface area (Å²) in [5.74, 6) is 2.24. The third kappa shape index (κ3) is 15.3. The standard InChI is InChI=1S/C35H22I8N6O8.C2H5N3/c36-22-1-16(5-30(50)51)2-23(37)34(22)56-20-7-26(40)32(27(41)8-20)54-13-18-11-48(46-44-18)15-49-12-19(45-47-49)14-55-33-28(42)9-21(10-29(33)43)57-35-24(38)3-17(4-25(35)39)6-31(52)53;1-2-4-5-3/h1-4,7-12H,5-6,13-15H2,(H,50,51)(H,52,53);2H2,1H3. The number of carbonyl (C=O) groups is 2. The lowest BCUT2D eigenvalue weighted by molar-refractivity contribution is -0.137. The van der Waals surface area contributed by atoms with Gasteiger partial charge in [0.2, 0.25) is 0 Å². The summed E-state index contributed by atoms with van der Waals surface area (Å²) < 4.78 is 34.8. The molecule has 0 amide bonds. The minimum Gasteiger partial charge on any atom is -0.485 e. The minimum atomic E-state index is -0.881. The van der Waals surface area contributed by atoms with Crippen LogP contribution in [0.1, 0.15) is 29.4 Å². The Morgan fingerprint density at radius 1 is 0.613 bits per heavy atom. The number of carboxylic acid groups (broad SMARTS) is 2. The van der Waals surface area contributed by atoms with Gasteiger partial charge in [-0.3, -0.25) is 9.59 Å². The molecule has 6 rings (SSSR count). The van der Waals surface area contributed by atoms with Gasteiger partial charge in [-0.15, -0.1) is 10.2 Å². The van der Waals surface area contributed by atoms with Crippen molar-refractivity contribution in [2.45, 2.75) is 39.6 Å². The van der Waals surface area contributed by atoms with E-state index in [2.05, 4.69) is 211 Å². The average molecular weight is 1740 g/mol. The van der Waals surface area contributed by atoms with Gasteiger partial charge in [-0.25, -0.2) is 9.36 Å². The first-order valence-corrected chi connectivity index (χ1v) is 25.9. The Labute approximate surface area is 462 Å². The minimum absolute atomic E-state index is 0.0500. The van der Waals surface area contributed by atoms with Gasteiger partial charge >= 0.3 is 11.9 Å². The van der Waals surface area contributed by atoms with Crippen molar-refractivity contribution in [3.63, 3.8) is 0 Å². The van der Waals surface area contributed by atoms with Crippen molar-refractivity contribution < 1.29 is 38.7 Å². The average Bonchev–Trinajstić information content (AvgIpc) is 3.83. The van der Waals surface area contributed by atoms with Crippen molar-refractivity contribution in [2.75, 3.05) is 6.54 Å². The normalized spacial score (nSPS) is 10.7. The molecule has 0 spiro atoms. The fourth-order valence-electron chi connectivity index (χ4n) is 5.13. The molecule has 0 atom stereocenters.